The van der Waals surface area contributed by atoms with Crippen LogP contribution in [0.3, 0.4) is 0 Å². The molecule has 0 aromatic carbocycles. The minimum Gasteiger partial charge on any atom is -0.374 e. The summed E-state index contributed by atoms with van der Waals surface area (Å²) in [6.45, 7) is 4.05. The third-order valence-corrected chi connectivity index (χ3v) is 4.03. The van der Waals surface area contributed by atoms with Crippen molar-refractivity contribution in [2.45, 2.75) is 31.4 Å². The van der Waals surface area contributed by atoms with E-state index in [0.717, 1.165) is 38.9 Å². The van der Waals surface area contributed by atoms with Gasteiger partial charge in [0.1, 0.15) is 6.04 Å². The summed E-state index contributed by atoms with van der Waals surface area (Å²) in [5.74, 6) is -0.133. The van der Waals surface area contributed by atoms with Gasteiger partial charge in [0.25, 0.3) is 0 Å². The quantitative estimate of drug-likeness (QED) is 0.684. The maximum Gasteiger partial charge on any atom is 0.242 e. The van der Waals surface area contributed by atoms with Gasteiger partial charge in [-0.3, -0.25) is 14.5 Å². The van der Waals surface area contributed by atoms with Crippen molar-refractivity contribution in [3.05, 3.63) is 0 Å². The van der Waals surface area contributed by atoms with Crippen molar-refractivity contribution in [2.24, 2.45) is 0 Å². The minimum atomic E-state index is -0.381. The van der Waals surface area contributed by atoms with Crippen molar-refractivity contribution >= 4 is 11.8 Å². The van der Waals surface area contributed by atoms with Crippen molar-refractivity contribution in [3.8, 4) is 0 Å². The maximum atomic E-state index is 12.2. The normalized spacial score (nSPS) is 27.3. The zero-order valence-electron chi connectivity index (χ0n) is 13.6. The van der Waals surface area contributed by atoms with Gasteiger partial charge < -0.3 is 20.3 Å². The lowest BCUT2D eigenvalue weighted by molar-refractivity contribution is -0.130. The molecule has 0 saturated carbocycles. The van der Waals surface area contributed by atoms with Gasteiger partial charge in [0.05, 0.1) is 19.3 Å². The fourth-order valence-electron chi connectivity index (χ4n) is 2.96. The van der Waals surface area contributed by atoms with Gasteiger partial charge in [-0.25, -0.2) is 0 Å². The van der Waals surface area contributed by atoms with Gasteiger partial charge in [-0.2, -0.15) is 0 Å². The van der Waals surface area contributed by atoms with E-state index in [0.29, 0.717) is 19.7 Å². The lowest BCUT2D eigenvalue weighted by Crippen LogP contribution is -2.52. The summed E-state index contributed by atoms with van der Waals surface area (Å²) in [4.78, 5) is 28.2. The second kappa shape index (κ2) is 8.45. The molecule has 22 heavy (non-hydrogen) atoms. The molecule has 0 aromatic rings. The van der Waals surface area contributed by atoms with Crippen molar-refractivity contribution in [2.75, 3.05) is 53.4 Å². The van der Waals surface area contributed by atoms with Crippen LogP contribution in [0.25, 0.3) is 0 Å². The van der Waals surface area contributed by atoms with E-state index in [1.165, 1.54) is 0 Å². The SMILES string of the molecule is CN(C)C[C@H]1CN(CC(=O)N[C@@H]2CCCCNC2=O)CCO1. The van der Waals surface area contributed by atoms with Crippen LogP contribution in [0.15, 0.2) is 0 Å². The number of rotatable bonds is 5. The molecule has 7 heteroatoms. The molecule has 2 aliphatic heterocycles. The van der Waals surface area contributed by atoms with Crippen LogP contribution in [-0.2, 0) is 14.3 Å². The van der Waals surface area contributed by atoms with Crippen molar-refractivity contribution in [3.63, 3.8) is 0 Å². The van der Waals surface area contributed by atoms with Gasteiger partial charge >= 0.3 is 0 Å². The molecule has 2 amide bonds. The van der Waals surface area contributed by atoms with Gasteiger partial charge in [-0.05, 0) is 33.4 Å². The first-order chi connectivity index (χ1) is 10.5. The van der Waals surface area contributed by atoms with Gasteiger partial charge in [0.2, 0.25) is 11.8 Å². The minimum absolute atomic E-state index is 0.0571. The summed E-state index contributed by atoms with van der Waals surface area (Å²) in [5, 5.41) is 5.71. The number of likely N-dealkylation sites (N-methyl/N-ethyl adjacent to an activating group) is 1. The van der Waals surface area contributed by atoms with Crippen LogP contribution >= 0.6 is 0 Å². The van der Waals surface area contributed by atoms with Crippen molar-refractivity contribution < 1.29 is 14.3 Å². The second-order valence-corrected chi connectivity index (χ2v) is 6.40. The number of hydrogen-bond donors (Lipinski definition) is 2. The fourth-order valence-corrected chi connectivity index (χ4v) is 2.96. The number of ether oxygens (including phenoxy) is 1. The molecule has 126 valence electrons. The first-order valence-corrected chi connectivity index (χ1v) is 8.10. The van der Waals surface area contributed by atoms with Crippen molar-refractivity contribution in [1.82, 2.24) is 20.4 Å². The van der Waals surface area contributed by atoms with Crippen LogP contribution < -0.4 is 10.6 Å². The highest BCUT2D eigenvalue weighted by molar-refractivity contribution is 5.88. The van der Waals surface area contributed by atoms with E-state index in [4.69, 9.17) is 4.74 Å². The Hall–Kier alpha value is -1.18. The summed E-state index contributed by atoms with van der Waals surface area (Å²) < 4.78 is 5.70. The Morgan fingerprint density at radius 3 is 3.05 bits per heavy atom. The molecule has 7 nitrogen and oxygen atoms in total. The zero-order valence-corrected chi connectivity index (χ0v) is 13.6. The highest BCUT2D eigenvalue weighted by Gasteiger charge is 2.26. The Labute approximate surface area is 132 Å². The molecule has 2 rings (SSSR count). The van der Waals surface area contributed by atoms with E-state index >= 15 is 0 Å². The van der Waals surface area contributed by atoms with E-state index in [1.54, 1.807) is 0 Å². The summed E-state index contributed by atoms with van der Waals surface area (Å²) in [5.41, 5.74) is 0. The van der Waals surface area contributed by atoms with Gasteiger partial charge in [-0.1, -0.05) is 0 Å². The summed E-state index contributed by atoms with van der Waals surface area (Å²) in [6, 6.07) is -0.381. The largest absolute Gasteiger partial charge is 0.374 e. The highest BCUT2D eigenvalue weighted by atomic mass is 16.5. The molecule has 2 N–H and O–H groups in total. The first-order valence-electron chi connectivity index (χ1n) is 8.10. The molecule has 0 radical (unpaired) electrons. The first kappa shape index (κ1) is 17.2. The standard InChI is InChI=1S/C15H28N4O3/c1-18(2)9-12-10-19(7-8-22-12)11-14(20)17-13-5-3-4-6-16-15(13)21/h12-13H,3-11H2,1-2H3,(H,16,21)(H,17,20)/t12-,13+/m0/s1. The summed E-state index contributed by atoms with van der Waals surface area (Å²) in [6.07, 6.45) is 2.81. The molecule has 0 unspecified atom stereocenters. The molecule has 2 aliphatic rings. The van der Waals surface area contributed by atoms with E-state index in [2.05, 4.69) is 20.4 Å². The molecule has 0 spiro atoms. The topological polar surface area (TPSA) is 73.9 Å². The number of carbonyl (C=O) groups is 2. The average molecular weight is 312 g/mol. The molecule has 0 bridgehead atoms. The number of nitrogens with zero attached hydrogens (tertiary/aromatic N) is 2. The number of carbonyl (C=O) groups excluding carboxylic acids is 2. The Balaban J connectivity index is 1.77. The third-order valence-electron chi connectivity index (χ3n) is 4.03. The van der Waals surface area contributed by atoms with Crippen LogP contribution in [-0.4, -0.2) is 87.2 Å². The number of amides is 2. The van der Waals surface area contributed by atoms with E-state index in [9.17, 15) is 9.59 Å². The van der Waals surface area contributed by atoms with E-state index in [-0.39, 0.29) is 24.0 Å². The molecular formula is C15H28N4O3. The molecular weight excluding hydrogens is 284 g/mol. The predicted octanol–water partition coefficient (Wildman–Crippen LogP) is -0.966. The molecule has 0 aromatic heterocycles. The van der Waals surface area contributed by atoms with Crippen LogP contribution in [0, 0.1) is 0 Å². The molecule has 2 fully saturated rings. The van der Waals surface area contributed by atoms with Gasteiger partial charge in [-0.15, -0.1) is 0 Å². The van der Waals surface area contributed by atoms with Crippen molar-refractivity contribution in [1.29, 1.82) is 0 Å². The predicted molar refractivity (Wildman–Crippen MR) is 83.5 cm³/mol. The van der Waals surface area contributed by atoms with Crippen LogP contribution in [0.2, 0.25) is 0 Å². The highest BCUT2D eigenvalue weighted by Crippen LogP contribution is 2.07. The Bertz CT molecular complexity index is 389. The van der Waals surface area contributed by atoms with Gasteiger partial charge in [0, 0.05) is 26.2 Å². The number of nitrogens with one attached hydrogen (secondary N) is 2. The lowest BCUT2D eigenvalue weighted by Gasteiger charge is -2.33. The molecule has 2 heterocycles. The molecule has 2 saturated heterocycles. The Morgan fingerprint density at radius 1 is 1.45 bits per heavy atom. The van der Waals surface area contributed by atoms with Crippen LogP contribution in [0.4, 0.5) is 0 Å². The monoisotopic (exact) mass is 312 g/mol. The second-order valence-electron chi connectivity index (χ2n) is 6.40. The Kier molecular flexibility index (Phi) is 6.60. The fraction of sp³-hybridized carbons (Fsp3) is 0.867. The third kappa shape index (κ3) is 5.55. The number of morpholine rings is 1. The lowest BCUT2D eigenvalue weighted by atomic mass is 10.1. The van der Waals surface area contributed by atoms with E-state index < -0.39 is 0 Å². The van der Waals surface area contributed by atoms with Crippen LogP contribution in [0.5, 0.6) is 0 Å². The van der Waals surface area contributed by atoms with E-state index in [1.807, 2.05) is 14.1 Å². The molecule has 2 atom stereocenters. The Morgan fingerprint density at radius 2 is 2.27 bits per heavy atom. The molecule has 0 aliphatic carbocycles. The smallest absolute Gasteiger partial charge is 0.242 e. The zero-order chi connectivity index (χ0) is 15.9. The summed E-state index contributed by atoms with van der Waals surface area (Å²) >= 11 is 0. The average Bonchev–Trinajstić information content (AvgIpc) is 2.64. The number of hydrogen-bond acceptors (Lipinski definition) is 5. The van der Waals surface area contributed by atoms with Crippen LogP contribution in [0.1, 0.15) is 19.3 Å². The summed E-state index contributed by atoms with van der Waals surface area (Å²) in [7, 11) is 4.03. The maximum absolute atomic E-state index is 12.2. The van der Waals surface area contributed by atoms with Gasteiger partial charge in [0.15, 0.2) is 0 Å².